The van der Waals surface area contributed by atoms with Crippen LogP contribution < -0.4 is 0 Å². The van der Waals surface area contributed by atoms with Crippen LogP contribution in [0.1, 0.15) is 57.8 Å². The predicted molar refractivity (Wildman–Crippen MR) is 71.8 cm³/mol. The van der Waals surface area contributed by atoms with Crippen molar-refractivity contribution >= 4 is 15.9 Å². The molecule has 0 heterocycles. The minimum Gasteiger partial charge on any atom is -0.303 e. The summed E-state index contributed by atoms with van der Waals surface area (Å²) in [4.78, 5) is 2.61. The number of hydrogen-bond acceptors (Lipinski definition) is 1. The van der Waals surface area contributed by atoms with Crippen LogP contribution in [0.3, 0.4) is 0 Å². The number of alkyl halides is 1. The maximum absolute atomic E-state index is 3.49. The van der Waals surface area contributed by atoms with Crippen LogP contribution in [0, 0.1) is 0 Å². The fraction of sp³-hybridized carbons (Fsp3) is 1.00. The fourth-order valence-electron chi connectivity index (χ4n) is 2.51. The molecule has 1 rings (SSSR count). The highest BCUT2D eigenvalue weighted by Gasteiger charge is 2.15. The van der Waals surface area contributed by atoms with Gasteiger partial charge < -0.3 is 4.90 Å². The lowest BCUT2D eigenvalue weighted by Gasteiger charge is -2.26. The van der Waals surface area contributed by atoms with Crippen LogP contribution in [0.4, 0.5) is 0 Å². The van der Waals surface area contributed by atoms with E-state index in [1.165, 1.54) is 69.7 Å². The van der Waals surface area contributed by atoms with E-state index in [1.54, 1.807) is 0 Å². The Morgan fingerprint density at radius 2 is 1.67 bits per heavy atom. The lowest BCUT2D eigenvalue weighted by atomic mass is 10.1. The molecule has 0 unspecified atom stereocenters. The second-order valence-corrected chi connectivity index (χ2v) is 5.67. The normalized spacial score (nSPS) is 19.4. The molecule has 1 aliphatic rings. The summed E-state index contributed by atoms with van der Waals surface area (Å²) in [5.41, 5.74) is 0. The number of hydrogen-bond donors (Lipinski definition) is 0. The molecule has 0 radical (unpaired) electrons. The third-order valence-electron chi connectivity index (χ3n) is 3.59. The molecule has 1 nitrogen and oxygen atoms in total. The van der Waals surface area contributed by atoms with E-state index in [1.807, 2.05) is 0 Å². The number of unbranched alkanes of at least 4 members (excludes halogenated alkanes) is 2. The maximum Gasteiger partial charge on any atom is 0.00922 e. The van der Waals surface area contributed by atoms with Gasteiger partial charge in [-0.05, 0) is 39.3 Å². The summed E-state index contributed by atoms with van der Waals surface area (Å²) in [6.07, 6.45) is 12.8. The first-order valence-corrected chi connectivity index (χ1v) is 7.73. The first kappa shape index (κ1) is 13.5. The highest BCUT2D eigenvalue weighted by Crippen LogP contribution is 2.21. The lowest BCUT2D eigenvalue weighted by molar-refractivity contribution is 0.217. The van der Waals surface area contributed by atoms with Gasteiger partial charge in [0.25, 0.3) is 0 Å². The average molecular weight is 276 g/mol. The van der Waals surface area contributed by atoms with E-state index in [-0.39, 0.29) is 0 Å². The van der Waals surface area contributed by atoms with Gasteiger partial charge in [0.05, 0.1) is 0 Å². The van der Waals surface area contributed by atoms with E-state index in [4.69, 9.17) is 0 Å². The zero-order valence-electron chi connectivity index (χ0n) is 10.2. The van der Waals surface area contributed by atoms with E-state index in [0.717, 1.165) is 6.04 Å². The zero-order valence-corrected chi connectivity index (χ0v) is 11.8. The van der Waals surface area contributed by atoms with Crippen molar-refractivity contribution in [3.63, 3.8) is 0 Å². The van der Waals surface area contributed by atoms with Gasteiger partial charge in [0, 0.05) is 11.4 Å². The van der Waals surface area contributed by atoms with Crippen molar-refractivity contribution in [3.8, 4) is 0 Å². The van der Waals surface area contributed by atoms with Crippen LogP contribution in [0.25, 0.3) is 0 Å². The molecule has 0 spiro atoms. The van der Waals surface area contributed by atoms with Crippen LogP contribution in [0.2, 0.25) is 0 Å². The second kappa shape index (κ2) is 8.58. The number of nitrogens with zero attached hydrogens (tertiary/aromatic N) is 1. The van der Waals surface area contributed by atoms with Crippen molar-refractivity contribution in [2.75, 3.05) is 18.9 Å². The van der Waals surface area contributed by atoms with Crippen LogP contribution in [-0.4, -0.2) is 29.9 Å². The molecule has 90 valence electrons. The van der Waals surface area contributed by atoms with Crippen molar-refractivity contribution < 1.29 is 0 Å². The van der Waals surface area contributed by atoms with Crippen LogP contribution >= 0.6 is 15.9 Å². The van der Waals surface area contributed by atoms with Gasteiger partial charge in [-0.25, -0.2) is 0 Å². The molecule has 0 aromatic carbocycles. The molecule has 2 heteroatoms. The lowest BCUT2D eigenvalue weighted by Crippen LogP contribution is -2.32. The Morgan fingerprint density at radius 3 is 2.27 bits per heavy atom. The highest BCUT2D eigenvalue weighted by molar-refractivity contribution is 9.09. The van der Waals surface area contributed by atoms with E-state index in [2.05, 4.69) is 27.9 Å². The van der Waals surface area contributed by atoms with Crippen molar-refractivity contribution in [3.05, 3.63) is 0 Å². The summed E-state index contributed by atoms with van der Waals surface area (Å²) in [5.74, 6) is 0. The molecule has 0 aliphatic heterocycles. The van der Waals surface area contributed by atoms with Crippen molar-refractivity contribution in [1.29, 1.82) is 0 Å². The van der Waals surface area contributed by atoms with Gasteiger partial charge in [0.15, 0.2) is 0 Å². The Bertz CT molecular complexity index is 141. The topological polar surface area (TPSA) is 3.24 Å². The molecule has 0 bridgehead atoms. The molecule has 0 saturated heterocycles. The summed E-state index contributed by atoms with van der Waals surface area (Å²) in [7, 11) is 2.32. The summed E-state index contributed by atoms with van der Waals surface area (Å²) in [5, 5.41) is 1.17. The first-order chi connectivity index (χ1) is 7.34. The van der Waals surface area contributed by atoms with E-state index < -0.39 is 0 Å². The van der Waals surface area contributed by atoms with Gasteiger partial charge in [-0.2, -0.15) is 0 Å². The van der Waals surface area contributed by atoms with Crippen molar-refractivity contribution in [1.82, 2.24) is 4.90 Å². The Balaban J connectivity index is 2.11. The Kier molecular flexibility index (Phi) is 7.72. The predicted octanol–water partition coefficient (Wildman–Crippen LogP) is 4.21. The van der Waals surface area contributed by atoms with Gasteiger partial charge in [-0.15, -0.1) is 0 Å². The third kappa shape index (κ3) is 5.91. The standard InChI is InChI=1S/C13H26BrN/c1-15(12-8-4-7-11-14)13-9-5-2-3-6-10-13/h13H,2-12H2,1H3. The molecular weight excluding hydrogens is 250 g/mol. The summed E-state index contributed by atoms with van der Waals surface area (Å²) in [6, 6.07) is 0.886. The van der Waals surface area contributed by atoms with Gasteiger partial charge in [-0.1, -0.05) is 48.0 Å². The van der Waals surface area contributed by atoms with Crippen LogP contribution in [0.15, 0.2) is 0 Å². The Hall–Kier alpha value is 0.440. The average Bonchev–Trinajstić information content (AvgIpc) is 2.52. The summed E-state index contributed by atoms with van der Waals surface area (Å²) >= 11 is 3.49. The van der Waals surface area contributed by atoms with E-state index >= 15 is 0 Å². The minimum atomic E-state index is 0.886. The second-order valence-electron chi connectivity index (χ2n) is 4.88. The van der Waals surface area contributed by atoms with Gasteiger partial charge in [0.1, 0.15) is 0 Å². The largest absolute Gasteiger partial charge is 0.303 e. The van der Waals surface area contributed by atoms with Gasteiger partial charge in [-0.3, -0.25) is 0 Å². The van der Waals surface area contributed by atoms with Crippen LogP contribution in [0.5, 0.6) is 0 Å². The third-order valence-corrected chi connectivity index (χ3v) is 4.15. The Morgan fingerprint density at radius 1 is 1.00 bits per heavy atom. The van der Waals surface area contributed by atoms with Crippen molar-refractivity contribution in [2.45, 2.75) is 63.8 Å². The van der Waals surface area contributed by atoms with Gasteiger partial charge >= 0.3 is 0 Å². The molecule has 1 fully saturated rings. The molecule has 0 amide bonds. The maximum atomic E-state index is 3.49. The molecule has 15 heavy (non-hydrogen) atoms. The molecule has 0 atom stereocenters. The molecule has 0 aromatic rings. The SMILES string of the molecule is CN(CCCCCBr)C1CCCCCC1. The molecular formula is C13H26BrN. The fourth-order valence-corrected chi connectivity index (χ4v) is 2.91. The highest BCUT2D eigenvalue weighted by atomic mass is 79.9. The summed E-state index contributed by atoms with van der Waals surface area (Å²) < 4.78 is 0. The van der Waals surface area contributed by atoms with E-state index in [0.29, 0.717) is 0 Å². The molecule has 0 aromatic heterocycles. The monoisotopic (exact) mass is 275 g/mol. The molecule has 0 N–H and O–H groups in total. The first-order valence-electron chi connectivity index (χ1n) is 6.61. The number of rotatable bonds is 6. The van der Waals surface area contributed by atoms with Gasteiger partial charge in [0.2, 0.25) is 0 Å². The Labute approximate surface area is 104 Å². The van der Waals surface area contributed by atoms with Crippen LogP contribution in [-0.2, 0) is 0 Å². The van der Waals surface area contributed by atoms with E-state index in [9.17, 15) is 0 Å². The molecule has 1 aliphatic carbocycles. The quantitative estimate of drug-likeness (QED) is 0.399. The van der Waals surface area contributed by atoms with Crippen molar-refractivity contribution in [2.24, 2.45) is 0 Å². The summed E-state index contributed by atoms with van der Waals surface area (Å²) in [6.45, 7) is 1.30. The minimum absolute atomic E-state index is 0.886. The smallest absolute Gasteiger partial charge is 0.00922 e. The zero-order chi connectivity index (χ0) is 10.9. The number of halogens is 1. The molecule has 1 saturated carbocycles.